The summed E-state index contributed by atoms with van der Waals surface area (Å²) in [5, 5.41) is 0.917. The number of H-pyrrole nitrogens is 1. The third-order valence-electron chi connectivity index (χ3n) is 2.01. The zero-order valence-corrected chi connectivity index (χ0v) is 9.14. The van der Waals surface area contributed by atoms with Crippen molar-refractivity contribution in [3.63, 3.8) is 0 Å². The fourth-order valence-electron chi connectivity index (χ4n) is 1.32. The molecule has 1 N–H and O–H groups in total. The molecule has 1 aromatic heterocycles. The summed E-state index contributed by atoms with van der Waals surface area (Å²) in [5.41, 5.74) is 1.22. The Bertz CT molecular complexity index is 548. The smallest absolute Gasteiger partial charge is 0.248 e. The first-order valence-electron chi connectivity index (χ1n) is 4.32. The van der Waals surface area contributed by atoms with Crippen molar-refractivity contribution in [2.75, 3.05) is 0 Å². The van der Waals surface area contributed by atoms with E-state index in [4.69, 9.17) is 23.2 Å². The number of nitrogens with one attached hydrogen (secondary N) is 1. The van der Waals surface area contributed by atoms with Crippen LogP contribution in [0.3, 0.4) is 0 Å². The fraction of sp³-hybridized carbons (Fsp3) is 0. The Balaban J connectivity index is 2.64. The van der Waals surface area contributed by atoms with Crippen LogP contribution in [-0.2, 0) is 0 Å². The maximum atomic E-state index is 11.1. The Hall–Kier alpha value is -1.25. The van der Waals surface area contributed by atoms with Gasteiger partial charge in [0.1, 0.15) is 0 Å². The second-order valence-electron chi connectivity index (χ2n) is 3.03. The number of rotatable bonds is 1. The number of aromatic amines is 1. The van der Waals surface area contributed by atoms with Crippen molar-refractivity contribution in [3.8, 4) is 11.3 Å². The molecule has 0 unspecified atom stereocenters. The first-order valence-corrected chi connectivity index (χ1v) is 5.08. The van der Waals surface area contributed by atoms with Gasteiger partial charge in [0.25, 0.3) is 0 Å². The molecule has 2 nitrogen and oxygen atoms in total. The van der Waals surface area contributed by atoms with Gasteiger partial charge in [-0.2, -0.15) is 0 Å². The minimum atomic E-state index is -0.163. The Morgan fingerprint density at radius 2 is 1.73 bits per heavy atom. The highest BCUT2D eigenvalue weighted by Crippen LogP contribution is 2.31. The average molecular weight is 240 g/mol. The molecule has 0 saturated carbocycles. The van der Waals surface area contributed by atoms with Crippen LogP contribution in [0.15, 0.2) is 41.2 Å². The Morgan fingerprint density at radius 1 is 1.00 bits per heavy atom. The fourth-order valence-corrected chi connectivity index (χ4v) is 1.72. The van der Waals surface area contributed by atoms with Crippen molar-refractivity contribution >= 4 is 23.2 Å². The first-order chi connectivity index (χ1) is 7.18. The van der Waals surface area contributed by atoms with Crippen LogP contribution < -0.4 is 5.56 Å². The van der Waals surface area contributed by atoms with Crippen LogP contribution in [0.4, 0.5) is 0 Å². The molecular weight excluding hydrogens is 233 g/mol. The van der Waals surface area contributed by atoms with Crippen LogP contribution in [0.5, 0.6) is 0 Å². The molecule has 0 fully saturated rings. The van der Waals surface area contributed by atoms with Crippen LogP contribution in [0.25, 0.3) is 11.3 Å². The molecule has 1 aromatic carbocycles. The van der Waals surface area contributed by atoms with Gasteiger partial charge in [-0.1, -0.05) is 41.4 Å². The summed E-state index contributed by atoms with van der Waals surface area (Å²) in [7, 11) is 0. The first kappa shape index (κ1) is 10.3. The molecule has 0 aliphatic heterocycles. The number of hydrogen-bond donors (Lipinski definition) is 1. The van der Waals surface area contributed by atoms with Crippen molar-refractivity contribution in [3.05, 3.63) is 56.8 Å². The van der Waals surface area contributed by atoms with E-state index in [1.807, 2.05) is 0 Å². The van der Waals surface area contributed by atoms with Gasteiger partial charge in [-0.15, -0.1) is 0 Å². The number of halogens is 2. The number of hydrogen-bond acceptors (Lipinski definition) is 1. The number of aromatic nitrogens is 1. The topological polar surface area (TPSA) is 32.9 Å². The van der Waals surface area contributed by atoms with Crippen LogP contribution in [-0.4, -0.2) is 4.98 Å². The van der Waals surface area contributed by atoms with E-state index >= 15 is 0 Å². The van der Waals surface area contributed by atoms with Crippen molar-refractivity contribution in [2.45, 2.75) is 0 Å². The number of pyridine rings is 1. The molecule has 2 aromatic rings. The standard InChI is InChI=1S/C11H7Cl2NO/c12-8-4-1-3-7(11(8)13)9-5-2-6-10(15)14-9/h1-6H,(H,14,15). The molecule has 15 heavy (non-hydrogen) atoms. The molecule has 0 saturated heterocycles. The van der Waals surface area contributed by atoms with Gasteiger partial charge < -0.3 is 4.98 Å². The molecule has 0 atom stereocenters. The van der Waals surface area contributed by atoms with Crippen molar-refractivity contribution in [1.82, 2.24) is 4.98 Å². The van der Waals surface area contributed by atoms with E-state index in [9.17, 15) is 4.79 Å². The van der Waals surface area contributed by atoms with E-state index in [0.717, 1.165) is 5.56 Å². The van der Waals surface area contributed by atoms with Crippen LogP contribution >= 0.6 is 23.2 Å². The number of benzene rings is 1. The summed E-state index contributed by atoms with van der Waals surface area (Å²) in [4.78, 5) is 13.8. The SMILES string of the molecule is O=c1cccc(-c2cccc(Cl)c2Cl)[nH]1. The predicted molar refractivity (Wildman–Crippen MR) is 62.5 cm³/mol. The van der Waals surface area contributed by atoms with Crippen LogP contribution in [0, 0.1) is 0 Å². The maximum Gasteiger partial charge on any atom is 0.248 e. The van der Waals surface area contributed by atoms with Crippen molar-refractivity contribution in [1.29, 1.82) is 0 Å². The van der Waals surface area contributed by atoms with E-state index < -0.39 is 0 Å². The maximum absolute atomic E-state index is 11.1. The predicted octanol–water partition coefficient (Wildman–Crippen LogP) is 3.35. The van der Waals surface area contributed by atoms with Crippen LogP contribution in [0.2, 0.25) is 10.0 Å². The quantitative estimate of drug-likeness (QED) is 0.814. The second kappa shape index (κ2) is 4.09. The minimum Gasteiger partial charge on any atom is -0.322 e. The van der Waals surface area contributed by atoms with E-state index in [1.54, 1.807) is 30.3 Å². The summed E-state index contributed by atoms with van der Waals surface area (Å²) in [6, 6.07) is 10.2. The zero-order chi connectivity index (χ0) is 10.8. The molecule has 0 radical (unpaired) electrons. The van der Waals surface area contributed by atoms with E-state index in [0.29, 0.717) is 15.7 Å². The third-order valence-corrected chi connectivity index (χ3v) is 2.83. The largest absolute Gasteiger partial charge is 0.322 e. The van der Waals surface area contributed by atoms with Gasteiger partial charge in [-0.25, -0.2) is 0 Å². The summed E-state index contributed by atoms with van der Waals surface area (Å²) >= 11 is 11.9. The molecule has 0 amide bonds. The Labute approximate surface area is 96.5 Å². The highest BCUT2D eigenvalue weighted by Gasteiger charge is 2.06. The third kappa shape index (κ3) is 2.06. The summed E-state index contributed by atoms with van der Waals surface area (Å²) in [6.45, 7) is 0. The van der Waals surface area contributed by atoms with Gasteiger partial charge in [0.2, 0.25) is 5.56 Å². The van der Waals surface area contributed by atoms with Crippen molar-refractivity contribution in [2.24, 2.45) is 0 Å². The molecule has 4 heteroatoms. The van der Waals surface area contributed by atoms with Gasteiger partial charge >= 0.3 is 0 Å². The zero-order valence-electron chi connectivity index (χ0n) is 7.63. The molecule has 76 valence electrons. The van der Waals surface area contributed by atoms with E-state index in [-0.39, 0.29) is 5.56 Å². The highest BCUT2D eigenvalue weighted by molar-refractivity contribution is 6.43. The average Bonchev–Trinajstić information content (AvgIpc) is 2.22. The summed E-state index contributed by atoms with van der Waals surface area (Å²) in [6.07, 6.45) is 0. The van der Waals surface area contributed by atoms with E-state index in [1.165, 1.54) is 6.07 Å². The highest BCUT2D eigenvalue weighted by atomic mass is 35.5. The monoisotopic (exact) mass is 239 g/mol. The van der Waals surface area contributed by atoms with E-state index in [2.05, 4.69) is 4.98 Å². The van der Waals surface area contributed by atoms with Gasteiger partial charge in [0.05, 0.1) is 10.0 Å². The van der Waals surface area contributed by atoms with Crippen molar-refractivity contribution < 1.29 is 0 Å². The minimum absolute atomic E-state index is 0.163. The lowest BCUT2D eigenvalue weighted by atomic mass is 10.1. The molecule has 1 heterocycles. The summed E-state index contributed by atoms with van der Waals surface area (Å²) < 4.78 is 0. The van der Waals surface area contributed by atoms with Gasteiger partial charge in [0.15, 0.2) is 0 Å². The normalized spacial score (nSPS) is 10.3. The summed E-state index contributed by atoms with van der Waals surface area (Å²) in [5.74, 6) is 0. The second-order valence-corrected chi connectivity index (χ2v) is 3.82. The van der Waals surface area contributed by atoms with Gasteiger partial charge in [0, 0.05) is 17.3 Å². The molecular formula is C11H7Cl2NO. The lowest BCUT2D eigenvalue weighted by Gasteiger charge is -2.04. The van der Waals surface area contributed by atoms with Crippen LogP contribution in [0.1, 0.15) is 0 Å². The van der Waals surface area contributed by atoms with Gasteiger partial charge in [-0.3, -0.25) is 4.79 Å². The molecule has 2 rings (SSSR count). The lowest BCUT2D eigenvalue weighted by Crippen LogP contribution is -2.03. The van der Waals surface area contributed by atoms with Gasteiger partial charge in [-0.05, 0) is 12.1 Å². The molecule has 0 spiro atoms. The lowest BCUT2D eigenvalue weighted by molar-refractivity contribution is 1.24. The Kier molecular flexibility index (Phi) is 2.80. The molecule has 0 bridgehead atoms. The Morgan fingerprint density at radius 3 is 2.47 bits per heavy atom. The molecule has 0 aliphatic rings. The molecule has 0 aliphatic carbocycles.